The average Bonchev–Trinajstić information content (AvgIpc) is 2.71. The molecule has 36 heavy (non-hydrogen) atoms. The Balaban J connectivity index is 2.59. The minimum atomic E-state index is -5.36. The maximum Gasteiger partial charge on any atom is 0.417 e. The fourth-order valence-corrected chi connectivity index (χ4v) is 3.65. The maximum atomic E-state index is 14.8. The molecule has 0 heterocycles. The van der Waals surface area contributed by atoms with Crippen molar-refractivity contribution in [2.75, 3.05) is 13.6 Å². The third-order valence-corrected chi connectivity index (χ3v) is 5.82. The molecule has 1 unspecified atom stereocenters. The number of hydrogen-bond donors (Lipinski definition) is 0. The Hall–Kier alpha value is -2.18. The largest absolute Gasteiger partial charge is 0.417 e. The summed E-state index contributed by atoms with van der Waals surface area (Å²) in [5.74, 6) is -6.18. The van der Waals surface area contributed by atoms with Gasteiger partial charge in [-0.3, -0.25) is 4.79 Å². The Kier molecular flexibility index (Phi) is 8.90. The lowest BCUT2D eigenvalue weighted by atomic mass is 9.95. The summed E-state index contributed by atoms with van der Waals surface area (Å²) in [6.45, 7) is -1.88. The van der Waals surface area contributed by atoms with Crippen LogP contribution in [0.5, 0.6) is 0 Å². The number of nitrogens with zero attached hydrogens (tertiary/aromatic N) is 1. The molecule has 198 valence electrons. The first kappa shape index (κ1) is 30.0. The molecule has 0 saturated heterocycles. The highest BCUT2D eigenvalue weighted by molar-refractivity contribution is 6.48. The van der Waals surface area contributed by atoms with E-state index in [0.29, 0.717) is 19.2 Å². The van der Waals surface area contributed by atoms with Crippen LogP contribution in [0.3, 0.4) is 0 Å². The first-order valence-electron chi connectivity index (χ1n) is 9.34. The molecule has 0 fully saturated rings. The van der Waals surface area contributed by atoms with Gasteiger partial charge in [0.2, 0.25) is 0 Å². The fourth-order valence-electron chi connectivity index (χ4n) is 3.04. The predicted molar refractivity (Wildman–Crippen MR) is 114 cm³/mol. The van der Waals surface area contributed by atoms with E-state index in [1.807, 2.05) is 0 Å². The van der Waals surface area contributed by atoms with Crippen molar-refractivity contribution in [1.29, 1.82) is 0 Å². The quantitative estimate of drug-likeness (QED) is 0.252. The minimum Gasteiger partial charge on any atom is -0.333 e. The molecule has 0 bridgehead atoms. The van der Waals surface area contributed by atoms with Crippen LogP contribution in [0.25, 0.3) is 5.83 Å². The zero-order valence-electron chi connectivity index (χ0n) is 17.5. The summed E-state index contributed by atoms with van der Waals surface area (Å²) in [4.78, 5) is 12.2. The standard InChI is InChI=1S/C21H12Cl3F10NO/c1-35(8-19(26,27)28)18(36)11-3-2-9(4-13(11)21(32,33)34)16(25)7-12(20(29,30)31)10-5-14(22)17(24)15(23)6-10/h2-7,12H,8H2,1H3. The highest BCUT2D eigenvalue weighted by Crippen LogP contribution is 2.43. The van der Waals surface area contributed by atoms with Gasteiger partial charge in [0.15, 0.2) is 0 Å². The van der Waals surface area contributed by atoms with E-state index in [1.54, 1.807) is 0 Å². The summed E-state index contributed by atoms with van der Waals surface area (Å²) < 4.78 is 134. The topological polar surface area (TPSA) is 20.3 Å². The van der Waals surface area contributed by atoms with E-state index < -0.39 is 75.0 Å². The van der Waals surface area contributed by atoms with Crippen molar-refractivity contribution in [3.63, 3.8) is 0 Å². The first-order valence-corrected chi connectivity index (χ1v) is 10.5. The smallest absolute Gasteiger partial charge is 0.333 e. The summed E-state index contributed by atoms with van der Waals surface area (Å²) in [5.41, 5.74) is -4.79. The molecular weight excluding hydrogens is 579 g/mol. The summed E-state index contributed by atoms with van der Waals surface area (Å²) in [6.07, 6.45) is -15.5. The van der Waals surface area contributed by atoms with Gasteiger partial charge in [-0.2, -0.15) is 39.5 Å². The molecule has 0 aromatic heterocycles. The number of allylic oxidation sites excluding steroid dienone is 1. The van der Waals surface area contributed by atoms with E-state index in [9.17, 15) is 48.7 Å². The number of benzene rings is 2. The van der Waals surface area contributed by atoms with Crippen LogP contribution in [-0.4, -0.2) is 36.8 Å². The molecule has 1 amide bonds. The molecule has 15 heteroatoms. The molecule has 2 rings (SSSR count). The normalized spacial score (nSPS) is 14.1. The molecule has 0 aliphatic carbocycles. The number of carbonyl (C=O) groups is 1. The Morgan fingerprint density at radius 2 is 1.47 bits per heavy atom. The molecule has 0 saturated carbocycles. The van der Waals surface area contributed by atoms with Crippen molar-refractivity contribution in [3.8, 4) is 0 Å². The van der Waals surface area contributed by atoms with Crippen molar-refractivity contribution >= 4 is 46.5 Å². The van der Waals surface area contributed by atoms with Gasteiger partial charge in [0.1, 0.15) is 18.3 Å². The van der Waals surface area contributed by atoms with Gasteiger partial charge >= 0.3 is 18.5 Å². The molecule has 0 N–H and O–H groups in total. The van der Waals surface area contributed by atoms with Crippen LogP contribution in [-0.2, 0) is 6.18 Å². The highest BCUT2D eigenvalue weighted by Gasteiger charge is 2.41. The molecule has 2 aromatic carbocycles. The van der Waals surface area contributed by atoms with Gasteiger partial charge in [0, 0.05) is 12.6 Å². The Morgan fingerprint density at radius 3 is 1.92 bits per heavy atom. The number of hydrogen-bond acceptors (Lipinski definition) is 1. The van der Waals surface area contributed by atoms with Gasteiger partial charge in [0.05, 0.1) is 26.2 Å². The zero-order chi connectivity index (χ0) is 27.8. The third-order valence-electron chi connectivity index (χ3n) is 4.63. The predicted octanol–water partition coefficient (Wildman–Crippen LogP) is 8.96. The van der Waals surface area contributed by atoms with Crippen LogP contribution in [0.15, 0.2) is 36.4 Å². The second-order valence-electron chi connectivity index (χ2n) is 7.37. The van der Waals surface area contributed by atoms with E-state index in [-0.39, 0.29) is 22.1 Å². The summed E-state index contributed by atoms with van der Waals surface area (Å²) >= 11 is 17.1. The van der Waals surface area contributed by atoms with E-state index in [1.165, 1.54) is 0 Å². The van der Waals surface area contributed by atoms with Crippen LogP contribution in [0.2, 0.25) is 15.1 Å². The van der Waals surface area contributed by atoms with Crippen molar-refractivity contribution in [3.05, 3.63) is 73.7 Å². The molecular formula is C21H12Cl3F10NO. The van der Waals surface area contributed by atoms with Gasteiger partial charge in [-0.1, -0.05) is 40.9 Å². The fraction of sp³-hybridized carbons (Fsp3) is 0.286. The molecule has 2 nitrogen and oxygen atoms in total. The molecule has 2 aromatic rings. The summed E-state index contributed by atoms with van der Waals surface area (Å²) in [5, 5.41) is -1.07. The Morgan fingerprint density at radius 1 is 0.944 bits per heavy atom. The number of carbonyl (C=O) groups excluding carboxylic acids is 1. The van der Waals surface area contributed by atoms with Gasteiger partial charge in [-0.05, 0) is 35.9 Å². The third kappa shape index (κ3) is 7.42. The lowest BCUT2D eigenvalue weighted by Gasteiger charge is -2.22. The van der Waals surface area contributed by atoms with Crippen molar-refractivity contribution < 1.29 is 48.7 Å². The van der Waals surface area contributed by atoms with E-state index in [0.717, 1.165) is 12.1 Å². The van der Waals surface area contributed by atoms with Crippen molar-refractivity contribution in [2.24, 2.45) is 0 Å². The maximum absolute atomic E-state index is 14.8. The molecule has 0 aliphatic rings. The van der Waals surface area contributed by atoms with Crippen LogP contribution in [0.1, 0.15) is 33.0 Å². The van der Waals surface area contributed by atoms with Crippen molar-refractivity contribution in [2.45, 2.75) is 24.4 Å². The van der Waals surface area contributed by atoms with E-state index in [2.05, 4.69) is 0 Å². The van der Waals surface area contributed by atoms with E-state index >= 15 is 0 Å². The molecule has 0 radical (unpaired) electrons. The molecule has 0 aliphatic heterocycles. The monoisotopic (exact) mass is 589 g/mol. The lowest BCUT2D eigenvalue weighted by molar-refractivity contribution is -0.140. The van der Waals surface area contributed by atoms with Gasteiger partial charge in [-0.15, -0.1) is 0 Å². The number of amides is 1. The van der Waals surface area contributed by atoms with Crippen molar-refractivity contribution in [1.82, 2.24) is 4.90 Å². The summed E-state index contributed by atoms with van der Waals surface area (Å²) in [7, 11) is 0.598. The number of rotatable bonds is 5. The van der Waals surface area contributed by atoms with Crippen LogP contribution in [0, 0.1) is 0 Å². The van der Waals surface area contributed by atoms with E-state index in [4.69, 9.17) is 34.8 Å². The molecule has 1 atom stereocenters. The van der Waals surface area contributed by atoms with Crippen LogP contribution < -0.4 is 0 Å². The zero-order valence-corrected chi connectivity index (χ0v) is 19.8. The Labute approximate surface area is 212 Å². The highest BCUT2D eigenvalue weighted by atomic mass is 35.5. The lowest BCUT2D eigenvalue weighted by Crippen LogP contribution is -2.36. The second kappa shape index (κ2) is 10.7. The van der Waals surface area contributed by atoms with Crippen LogP contribution in [0.4, 0.5) is 43.9 Å². The average molecular weight is 591 g/mol. The van der Waals surface area contributed by atoms with Gasteiger partial charge in [-0.25, -0.2) is 4.39 Å². The Bertz CT molecular complexity index is 1150. The first-order chi connectivity index (χ1) is 16.2. The minimum absolute atomic E-state index is 0.0236. The van der Waals surface area contributed by atoms with Gasteiger partial charge in [0.25, 0.3) is 5.91 Å². The summed E-state index contributed by atoms with van der Waals surface area (Å²) in [6, 6.07) is 2.42. The SMILES string of the molecule is CN(CC(F)(F)F)C(=O)c1ccc(C(F)=CC(c2cc(Cl)c(Cl)c(Cl)c2)C(F)(F)F)cc1C(F)(F)F. The van der Waals surface area contributed by atoms with Gasteiger partial charge < -0.3 is 4.90 Å². The molecule has 0 spiro atoms. The van der Waals surface area contributed by atoms with Crippen LogP contribution >= 0.6 is 34.8 Å². The number of halogens is 13. The number of alkyl halides is 9. The second-order valence-corrected chi connectivity index (χ2v) is 8.56.